The van der Waals surface area contributed by atoms with Gasteiger partial charge in [0.25, 0.3) is 0 Å². The van der Waals surface area contributed by atoms with Gasteiger partial charge in [-0.15, -0.1) is 0 Å². The van der Waals surface area contributed by atoms with Gasteiger partial charge in [-0.2, -0.15) is 0 Å². The van der Waals surface area contributed by atoms with E-state index in [1.54, 1.807) is 32.0 Å². The molecule has 5 heteroatoms. The third-order valence-electron chi connectivity index (χ3n) is 1.82. The first-order chi connectivity index (χ1) is 7.49. The second-order valence-corrected chi connectivity index (χ2v) is 3.82. The van der Waals surface area contributed by atoms with Gasteiger partial charge in [0.2, 0.25) is 5.91 Å². The highest BCUT2D eigenvalue weighted by Gasteiger charge is 2.08. The zero-order chi connectivity index (χ0) is 12.1. The Hall–Kier alpha value is -1.55. The van der Waals surface area contributed by atoms with E-state index in [-0.39, 0.29) is 11.8 Å². The first-order valence-electron chi connectivity index (χ1n) is 4.77. The van der Waals surface area contributed by atoms with E-state index in [1.165, 1.54) is 6.07 Å². The lowest BCUT2D eigenvalue weighted by Crippen LogP contribution is -2.17. The summed E-state index contributed by atoms with van der Waals surface area (Å²) in [5.74, 6) is 0.0788. The Labute approximate surface area is 98.5 Å². The number of ether oxygens (including phenoxy) is 1. The van der Waals surface area contributed by atoms with E-state index in [4.69, 9.17) is 11.6 Å². The lowest BCUT2D eigenvalue weighted by atomic mass is 10.2. The normalized spacial score (nSPS) is 10.0. The van der Waals surface area contributed by atoms with E-state index in [1.807, 2.05) is 0 Å². The minimum atomic E-state index is -0.910. The summed E-state index contributed by atoms with van der Waals surface area (Å²) in [6, 6.07) is 6.46. The summed E-state index contributed by atoms with van der Waals surface area (Å²) >= 11 is 5.07. The predicted octanol–water partition coefficient (Wildman–Crippen LogP) is 3.02. The summed E-state index contributed by atoms with van der Waals surface area (Å²) in [7, 11) is 0. The quantitative estimate of drug-likeness (QED) is 0.828. The molecule has 1 N–H and O–H groups in total. The van der Waals surface area contributed by atoms with Crippen molar-refractivity contribution in [2.75, 3.05) is 5.32 Å². The van der Waals surface area contributed by atoms with Crippen LogP contribution in [0.2, 0.25) is 0 Å². The van der Waals surface area contributed by atoms with Crippen molar-refractivity contribution < 1.29 is 14.3 Å². The minimum absolute atomic E-state index is 0.102. The fraction of sp³-hybridized carbons (Fsp3) is 0.273. The molecule has 86 valence electrons. The molecule has 0 unspecified atom stereocenters. The molecule has 1 aromatic rings. The van der Waals surface area contributed by atoms with Gasteiger partial charge in [0.15, 0.2) is 0 Å². The molecule has 4 nitrogen and oxygen atoms in total. The zero-order valence-electron chi connectivity index (χ0n) is 8.99. The molecule has 0 heterocycles. The topological polar surface area (TPSA) is 55.4 Å². The van der Waals surface area contributed by atoms with Gasteiger partial charge < -0.3 is 10.1 Å². The number of carbonyl (C=O) groups is 2. The van der Waals surface area contributed by atoms with Crippen LogP contribution in [0.25, 0.3) is 0 Å². The van der Waals surface area contributed by atoms with Crippen LogP contribution in [0, 0.1) is 5.92 Å². The van der Waals surface area contributed by atoms with Crippen LogP contribution in [0.1, 0.15) is 13.8 Å². The Balaban J connectivity index is 2.74. The number of hydrogen-bond donors (Lipinski definition) is 1. The van der Waals surface area contributed by atoms with E-state index >= 15 is 0 Å². The molecule has 16 heavy (non-hydrogen) atoms. The molecule has 0 aliphatic heterocycles. The average molecular weight is 242 g/mol. The summed E-state index contributed by atoms with van der Waals surface area (Å²) in [6.07, 6.45) is 0. The molecule has 0 radical (unpaired) electrons. The van der Waals surface area contributed by atoms with Crippen molar-refractivity contribution in [2.24, 2.45) is 5.92 Å². The molecule has 0 atom stereocenters. The molecule has 0 aliphatic rings. The Morgan fingerprint density at radius 3 is 2.62 bits per heavy atom. The van der Waals surface area contributed by atoms with Crippen molar-refractivity contribution in [1.29, 1.82) is 0 Å². The number of hydrogen-bond acceptors (Lipinski definition) is 3. The van der Waals surface area contributed by atoms with Crippen LogP contribution < -0.4 is 10.1 Å². The van der Waals surface area contributed by atoms with Crippen molar-refractivity contribution in [3.8, 4) is 5.75 Å². The van der Waals surface area contributed by atoms with Crippen LogP contribution in [-0.4, -0.2) is 11.3 Å². The Morgan fingerprint density at radius 1 is 1.38 bits per heavy atom. The zero-order valence-corrected chi connectivity index (χ0v) is 9.75. The second-order valence-electron chi connectivity index (χ2n) is 3.51. The van der Waals surface area contributed by atoms with Gasteiger partial charge >= 0.3 is 5.43 Å². The molecule has 1 rings (SSSR count). The molecule has 0 saturated heterocycles. The van der Waals surface area contributed by atoms with Gasteiger partial charge in [-0.3, -0.25) is 4.79 Å². The molecule has 0 aliphatic carbocycles. The highest BCUT2D eigenvalue weighted by atomic mass is 35.5. The van der Waals surface area contributed by atoms with E-state index in [0.29, 0.717) is 11.4 Å². The molecule has 0 aromatic heterocycles. The van der Waals surface area contributed by atoms with Gasteiger partial charge in [0, 0.05) is 29.3 Å². The standard InChI is InChI=1S/C11H12ClNO3/c1-7(2)10(14)13-8-4-3-5-9(6-8)16-11(12)15/h3-7H,1-2H3,(H,13,14). The van der Waals surface area contributed by atoms with Gasteiger partial charge in [-0.25, -0.2) is 4.79 Å². The lowest BCUT2D eigenvalue weighted by molar-refractivity contribution is -0.118. The smallest absolute Gasteiger partial charge is 0.409 e. The number of nitrogens with one attached hydrogen (secondary N) is 1. The van der Waals surface area contributed by atoms with Crippen molar-refractivity contribution in [3.63, 3.8) is 0 Å². The molecule has 1 amide bonds. The molecular weight excluding hydrogens is 230 g/mol. The Kier molecular flexibility index (Phi) is 4.31. The number of anilines is 1. The third kappa shape index (κ3) is 3.90. The van der Waals surface area contributed by atoms with Gasteiger partial charge in [-0.05, 0) is 12.1 Å². The highest BCUT2D eigenvalue weighted by molar-refractivity contribution is 6.61. The van der Waals surface area contributed by atoms with Gasteiger partial charge in [0.05, 0.1) is 0 Å². The lowest BCUT2D eigenvalue weighted by Gasteiger charge is -2.08. The van der Waals surface area contributed by atoms with Crippen molar-refractivity contribution in [3.05, 3.63) is 24.3 Å². The van der Waals surface area contributed by atoms with Crippen LogP contribution in [0.5, 0.6) is 5.75 Å². The third-order valence-corrected chi connectivity index (χ3v) is 1.90. The van der Waals surface area contributed by atoms with Gasteiger partial charge in [0.1, 0.15) is 5.75 Å². The molecule has 0 saturated carbocycles. The first-order valence-corrected chi connectivity index (χ1v) is 5.15. The predicted molar refractivity (Wildman–Crippen MR) is 61.8 cm³/mol. The minimum Gasteiger partial charge on any atom is -0.414 e. The Bertz CT molecular complexity index is 404. The average Bonchev–Trinajstić information content (AvgIpc) is 2.16. The molecule has 0 fully saturated rings. The van der Waals surface area contributed by atoms with Crippen LogP contribution in [0.3, 0.4) is 0 Å². The maximum absolute atomic E-state index is 11.4. The summed E-state index contributed by atoms with van der Waals surface area (Å²) in [5, 5.41) is 2.68. The molecular formula is C11H12ClNO3. The van der Waals surface area contributed by atoms with Crippen molar-refractivity contribution in [1.82, 2.24) is 0 Å². The second kappa shape index (κ2) is 5.51. The van der Waals surface area contributed by atoms with Crippen molar-refractivity contribution in [2.45, 2.75) is 13.8 Å². The maximum Gasteiger partial charge on any atom is 0.409 e. The SMILES string of the molecule is CC(C)C(=O)Nc1cccc(OC(=O)Cl)c1. The molecule has 0 bridgehead atoms. The summed E-state index contributed by atoms with van der Waals surface area (Å²) < 4.78 is 4.67. The molecule has 0 spiro atoms. The fourth-order valence-corrected chi connectivity index (χ4v) is 1.11. The number of amides is 1. The van der Waals surface area contributed by atoms with Crippen LogP contribution >= 0.6 is 11.6 Å². The van der Waals surface area contributed by atoms with E-state index in [9.17, 15) is 9.59 Å². The number of rotatable bonds is 3. The van der Waals surface area contributed by atoms with Crippen LogP contribution in [-0.2, 0) is 4.79 Å². The van der Waals surface area contributed by atoms with Crippen LogP contribution in [0.4, 0.5) is 10.5 Å². The van der Waals surface area contributed by atoms with Crippen LogP contribution in [0.15, 0.2) is 24.3 Å². The number of carbonyl (C=O) groups excluding carboxylic acids is 2. The van der Waals surface area contributed by atoms with Crippen molar-refractivity contribution >= 4 is 28.6 Å². The maximum atomic E-state index is 11.4. The molecule has 1 aromatic carbocycles. The van der Waals surface area contributed by atoms with Gasteiger partial charge in [-0.1, -0.05) is 19.9 Å². The monoisotopic (exact) mass is 241 g/mol. The first kappa shape index (κ1) is 12.5. The van der Waals surface area contributed by atoms with E-state index in [2.05, 4.69) is 10.1 Å². The Morgan fingerprint density at radius 2 is 2.06 bits per heavy atom. The summed E-state index contributed by atoms with van der Waals surface area (Å²) in [6.45, 7) is 3.58. The van der Waals surface area contributed by atoms with E-state index in [0.717, 1.165) is 0 Å². The number of benzene rings is 1. The fourth-order valence-electron chi connectivity index (χ4n) is 1.02. The van der Waals surface area contributed by atoms with E-state index < -0.39 is 5.43 Å². The number of halogens is 1. The largest absolute Gasteiger partial charge is 0.414 e. The highest BCUT2D eigenvalue weighted by Crippen LogP contribution is 2.18. The summed E-state index contributed by atoms with van der Waals surface area (Å²) in [4.78, 5) is 21.9. The summed E-state index contributed by atoms with van der Waals surface area (Å²) in [5.41, 5.74) is -0.346.